The molecule has 0 amide bonds. The lowest BCUT2D eigenvalue weighted by Gasteiger charge is -2.21. The summed E-state index contributed by atoms with van der Waals surface area (Å²) in [5, 5.41) is 1.03. The standard InChI is InChI=1S/C16H17NO2/c18-15(11-12-6-9-19-10-7-12)14-5-1-3-13-4-2-8-17-16(13)14/h1-5,8,12H,6-7,9-11H2. The molecule has 0 N–H and O–H groups in total. The van der Waals surface area contributed by atoms with Crippen LogP contribution >= 0.6 is 0 Å². The first-order chi connectivity index (χ1) is 9.34. The zero-order valence-electron chi connectivity index (χ0n) is 10.8. The van der Waals surface area contributed by atoms with Crippen LogP contribution < -0.4 is 0 Å². The van der Waals surface area contributed by atoms with E-state index in [2.05, 4.69) is 4.98 Å². The summed E-state index contributed by atoms with van der Waals surface area (Å²) in [7, 11) is 0. The summed E-state index contributed by atoms with van der Waals surface area (Å²) in [6, 6.07) is 9.70. The number of Topliss-reactive ketones (excluding diaryl/α,β-unsaturated/α-hetero) is 1. The summed E-state index contributed by atoms with van der Waals surface area (Å²) in [6.07, 6.45) is 4.33. The van der Waals surface area contributed by atoms with Crippen molar-refractivity contribution in [2.75, 3.05) is 13.2 Å². The van der Waals surface area contributed by atoms with Crippen LogP contribution in [0.25, 0.3) is 10.9 Å². The van der Waals surface area contributed by atoms with Gasteiger partial charge in [0, 0.05) is 36.8 Å². The fraction of sp³-hybridized carbons (Fsp3) is 0.375. The molecule has 1 aliphatic rings. The summed E-state index contributed by atoms with van der Waals surface area (Å²) >= 11 is 0. The van der Waals surface area contributed by atoms with E-state index < -0.39 is 0 Å². The molecule has 3 nitrogen and oxygen atoms in total. The number of ether oxygens (including phenoxy) is 1. The van der Waals surface area contributed by atoms with Crippen LogP contribution in [0.3, 0.4) is 0 Å². The third kappa shape index (κ3) is 2.66. The predicted octanol–water partition coefficient (Wildman–Crippen LogP) is 3.23. The Bertz CT molecular complexity index is 583. The highest BCUT2D eigenvalue weighted by Crippen LogP contribution is 2.23. The second-order valence-electron chi connectivity index (χ2n) is 5.06. The first-order valence-electron chi connectivity index (χ1n) is 6.79. The van der Waals surface area contributed by atoms with Gasteiger partial charge < -0.3 is 4.74 Å². The number of aromatic nitrogens is 1. The van der Waals surface area contributed by atoms with Crippen LogP contribution in [0.2, 0.25) is 0 Å². The second-order valence-corrected chi connectivity index (χ2v) is 5.06. The van der Waals surface area contributed by atoms with E-state index in [4.69, 9.17) is 4.74 Å². The fourth-order valence-corrected chi connectivity index (χ4v) is 2.65. The number of carbonyl (C=O) groups excluding carboxylic acids is 1. The second kappa shape index (κ2) is 5.49. The smallest absolute Gasteiger partial charge is 0.165 e. The molecule has 0 bridgehead atoms. The largest absolute Gasteiger partial charge is 0.381 e. The molecule has 1 saturated heterocycles. The topological polar surface area (TPSA) is 39.2 Å². The number of nitrogens with zero attached hydrogens (tertiary/aromatic N) is 1. The van der Waals surface area contributed by atoms with E-state index >= 15 is 0 Å². The highest BCUT2D eigenvalue weighted by Gasteiger charge is 2.19. The summed E-state index contributed by atoms with van der Waals surface area (Å²) in [6.45, 7) is 1.57. The van der Waals surface area contributed by atoms with E-state index in [9.17, 15) is 4.79 Å². The Morgan fingerprint density at radius 2 is 2.00 bits per heavy atom. The van der Waals surface area contributed by atoms with Crippen LogP contribution in [0, 0.1) is 5.92 Å². The number of carbonyl (C=O) groups is 1. The molecule has 0 spiro atoms. The molecule has 0 saturated carbocycles. The van der Waals surface area contributed by atoms with Gasteiger partial charge in [0.2, 0.25) is 0 Å². The molecular formula is C16H17NO2. The molecule has 1 aliphatic heterocycles. The number of pyridine rings is 1. The van der Waals surface area contributed by atoms with Crippen molar-refractivity contribution in [2.45, 2.75) is 19.3 Å². The number of para-hydroxylation sites is 1. The minimum Gasteiger partial charge on any atom is -0.381 e. The van der Waals surface area contributed by atoms with Crippen molar-refractivity contribution >= 4 is 16.7 Å². The van der Waals surface area contributed by atoms with Gasteiger partial charge in [-0.1, -0.05) is 18.2 Å². The number of hydrogen-bond donors (Lipinski definition) is 0. The van der Waals surface area contributed by atoms with E-state index in [-0.39, 0.29) is 5.78 Å². The van der Waals surface area contributed by atoms with Gasteiger partial charge in [-0.25, -0.2) is 0 Å². The quantitative estimate of drug-likeness (QED) is 0.790. The van der Waals surface area contributed by atoms with Gasteiger partial charge in [-0.2, -0.15) is 0 Å². The molecule has 2 heterocycles. The van der Waals surface area contributed by atoms with E-state index in [1.54, 1.807) is 6.20 Å². The summed E-state index contributed by atoms with van der Waals surface area (Å²) in [4.78, 5) is 16.8. The molecule has 1 fully saturated rings. The van der Waals surface area contributed by atoms with Crippen LogP contribution in [-0.4, -0.2) is 24.0 Å². The molecule has 3 heteroatoms. The Morgan fingerprint density at radius 1 is 1.21 bits per heavy atom. The summed E-state index contributed by atoms with van der Waals surface area (Å²) < 4.78 is 5.33. The van der Waals surface area contributed by atoms with Crippen molar-refractivity contribution in [2.24, 2.45) is 5.92 Å². The van der Waals surface area contributed by atoms with E-state index in [1.807, 2.05) is 30.3 Å². The zero-order chi connectivity index (χ0) is 13.1. The van der Waals surface area contributed by atoms with E-state index in [0.717, 1.165) is 42.5 Å². The van der Waals surface area contributed by atoms with Crippen molar-refractivity contribution in [3.05, 3.63) is 42.1 Å². The van der Waals surface area contributed by atoms with Gasteiger partial charge in [0.15, 0.2) is 5.78 Å². The molecule has 98 valence electrons. The Labute approximate surface area is 112 Å². The van der Waals surface area contributed by atoms with Gasteiger partial charge >= 0.3 is 0 Å². The summed E-state index contributed by atoms with van der Waals surface area (Å²) in [5.41, 5.74) is 1.58. The van der Waals surface area contributed by atoms with Gasteiger partial charge in [0.05, 0.1) is 5.52 Å². The van der Waals surface area contributed by atoms with Crippen LogP contribution in [0.4, 0.5) is 0 Å². The van der Waals surface area contributed by atoms with Crippen molar-refractivity contribution in [3.8, 4) is 0 Å². The SMILES string of the molecule is O=C(CC1CCOCC1)c1cccc2cccnc12. The maximum Gasteiger partial charge on any atom is 0.165 e. The lowest BCUT2D eigenvalue weighted by Crippen LogP contribution is -2.19. The van der Waals surface area contributed by atoms with Gasteiger partial charge in [0.25, 0.3) is 0 Å². The third-order valence-corrected chi connectivity index (χ3v) is 3.75. The van der Waals surface area contributed by atoms with Gasteiger partial charge in [-0.05, 0) is 30.9 Å². The lowest BCUT2D eigenvalue weighted by atomic mass is 9.91. The number of benzene rings is 1. The minimum atomic E-state index is 0.205. The van der Waals surface area contributed by atoms with E-state index in [0.29, 0.717) is 12.3 Å². The number of rotatable bonds is 3. The van der Waals surface area contributed by atoms with Crippen molar-refractivity contribution < 1.29 is 9.53 Å². The van der Waals surface area contributed by atoms with Crippen molar-refractivity contribution in [1.29, 1.82) is 0 Å². The van der Waals surface area contributed by atoms with Gasteiger partial charge in [-0.3, -0.25) is 9.78 Å². The normalized spacial score (nSPS) is 16.6. The fourth-order valence-electron chi connectivity index (χ4n) is 2.65. The van der Waals surface area contributed by atoms with Crippen molar-refractivity contribution in [1.82, 2.24) is 4.98 Å². The van der Waals surface area contributed by atoms with Gasteiger partial charge in [-0.15, -0.1) is 0 Å². The molecule has 2 aromatic rings. The van der Waals surface area contributed by atoms with Crippen LogP contribution in [-0.2, 0) is 4.74 Å². The Balaban J connectivity index is 1.85. The number of hydrogen-bond acceptors (Lipinski definition) is 3. The maximum absolute atomic E-state index is 12.4. The Kier molecular flexibility index (Phi) is 3.56. The van der Waals surface area contributed by atoms with Crippen LogP contribution in [0.5, 0.6) is 0 Å². The van der Waals surface area contributed by atoms with Crippen molar-refractivity contribution in [3.63, 3.8) is 0 Å². The Morgan fingerprint density at radius 3 is 2.84 bits per heavy atom. The molecule has 0 unspecified atom stereocenters. The average Bonchev–Trinajstić information content (AvgIpc) is 2.47. The average molecular weight is 255 g/mol. The third-order valence-electron chi connectivity index (χ3n) is 3.75. The Hall–Kier alpha value is -1.74. The predicted molar refractivity (Wildman–Crippen MR) is 74.2 cm³/mol. The first kappa shape index (κ1) is 12.3. The molecule has 1 aromatic carbocycles. The molecule has 1 aromatic heterocycles. The number of fused-ring (bicyclic) bond motifs is 1. The number of ketones is 1. The highest BCUT2D eigenvalue weighted by atomic mass is 16.5. The molecular weight excluding hydrogens is 238 g/mol. The molecule has 0 atom stereocenters. The van der Waals surface area contributed by atoms with Crippen LogP contribution in [0.15, 0.2) is 36.5 Å². The van der Waals surface area contributed by atoms with E-state index in [1.165, 1.54) is 0 Å². The zero-order valence-corrected chi connectivity index (χ0v) is 10.8. The molecule has 0 aliphatic carbocycles. The maximum atomic E-state index is 12.4. The molecule has 0 radical (unpaired) electrons. The monoisotopic (exact) mass is 255 g/mol. The highest BCUT2D eigenvalue weighted by molar-refractivity contribution is 6.06. The molecule has 3 rings (SSSR count). The van der Waals surface area contributed by atoms with Crippen LogP contribution in [0.1, 0.15) is 29.6 Å². The van der Waals surface area contributed by atoms with Gasteiger partial charge in [0.1, 0.15) is 0 Å². The summed E-state index contributed by atoms with van der Waals surface area (Å²) in [5.74, 6) is 0.663. The lowest BCUT2D eigenvalue weighted by molar-refractivity contribution is 0.0601. The minimum absolute atomic E-state index is 0.205. The molecule has 19 heavy (non-hydrogen) atoms. The first-order valence-corrected chi connectivity index (χ1v) is 6.79.